The first-order valence-corrected chi connectivity index (χ1v) is 9.25. The molecule has 0 bridgehead atoms. The van der Waals surface area contributed by atoms with E-state index in [1.54, 1.807) is 37.3 Å². The molecule has 4 rings (SSSR count). The predicted octanol–water partition coefficient (Wildman–Crippen LogP) is 1.95. The fourth-order valence-electron chi connectivity index (χ4n) is 2.87. The number of rotatable bonds is 4. The van der Waals surface area contributed by atoms with E-state index < -0.39 is 10.0 Å². The lowest BCUT2D eigenvalue weighted by atomic mass is 10.0. The lowest BCUT2D eigenvalue weighted by molar-refractivity contribution is -0.116. The van der Waals surface area contributed by atoms with Gasteiger partial charge in [-0.2, -0.15) is 0 Å². The van der Waals surface area contributed by atoms with E-state index in [0.717, 1.165) is 5.56 Å². The minimum absolute atomic E-state index is 0.127. The smallest absolute Gasteiger partial charge is 0.240 e. The van der Waals surface area contributed by atoms with Gasteiger partial charge < -0.3 is 14.8 Å². The molecule has 2 heterocycles. The van der Waals surface area contributed by atoms with E-state index in [9.17, 15) is 13.2 Å². The lowest BCUT2D eigenvalue weighted by Gasteiger charge is -2.09. The Morgan fingerprint density at radius 3 is 2.80 bits per heavy atom. The minimum atomic E-state index is -3.70. The molecule has 0 aliphatic carbocycles. The zero-order chi connectivity index (χ0) is 17.6. The monoisotopic (exact) mass is 360 g/mol. The number of hydrogen-bond donors (Lipinski definition) is 2. The Balaban J connectivity index is 1.54. The highest BCUT2D eigenvalue weighted by molar-refractivity contribution is 7.89. The van der Waals surface area contributed by atoms with E-state index in [0.29, 0.717) is 22.7 Å². The molecule has 8 heteroatoms. The third kappa shape index (κ3) is 2.83. The normalized spacial score (nSPS) is 18.1. The summed E-state index contributed by atoms with van der Waals surface area (Å²) in [5.41, 5.74) is 2.11. The summed E-state index contributed by atoms with van der Waals surface area (Å²) >= 11 is 0. The van der Waals surface area contributed by atoms with Crippen molar-refractivity contribution in [3.63, 3.8) is 0 Å². The van der Waals surface area contributed by atoms with Crippen LogP contribution in [-0.2, 0) is 21.4 Å². The number of ether oxygens (including phenoxy) is 2. The molecule has 25 heavy (non-hydrogen) atoms. The summed E-state index contributed by atoms with van der Waals surface area (Å²) in [4.78, 5) is 11.8. The molecule has 0 saturated carbocycles. The number of benzene rings is 2. The molecular formula is C17H16N2O5S. The molecule has 2 aliphatic rings. The summed E-state index contributed by atoms with van der Waals surface area (Å²) in [6, 6.07) is 9.92. The molecule has 2 aromatic rings. The quantitative estimate of drug-likeness (QED) is 0.869. The Morgan fingerprint density at radius 1 is 1.16 bits per heavy atom. The Hall–Kier alpha value is -2.58. The summed E-state index contributed by atoms with van der Waals surface area (Å²) in [5.74, 6) is 0.765. The van der Waals surface area contributed by atoms with Crippen molar-refractivity contribution in [2.24, 2.45) is 0 Å². The highest BCUT2D eigenvalue weighted by atomic mass is 32.2. The Labute approximate surface area is 145 Å². The zero-order valence-corrected chi connectivity index (χ0v) is 14.2. The topological polar surface area (TPSA) is 93.7 Å². The van der Waals surface area contributed by atoms with Crippen LogP contribution in [0.1, 0.15) is 24.0 Å². The molecule has 7 nitrogen and oxygen atoms in total. The highest BCUT2D eigenvalue weighted by Crippen LogP contribution is 2.34. The first-order chi connectivity index (χ1) is 11.9. The van der Waals surface area contributed by atoms with Crippen molar-refractivity contribution in [1.82, 2.24) is 4.72 Å². The number of amides is 1. The third-order valence-electron chi connectivity index (χ3n) is 4.35. The Kier molecular flexibility index (Phi) is 3.66. The van der Waals surface area contributed by atoms with Crippen LogP contribution in [0.25, 0.3) is 0 Å². The van der Waals surface area contributed by atoms with E-state index in [2.05, 4.69) is 10.0 Å². The Bertz CT molecular complexity index is 971. The molecule has 2 aliphatic heterocycles. The maximum atomic E-state index is 12.6. The third-order valence-corrected chi connectivity index (χ3v) is 5.75. The van der Waals surface area contributed by atoms with Gasteiger partial charge in [0.25, 0.3) is 0 Å². The number of hydrogen-bond acceptors (Lipinski definition) is 5. The second-order valence-corrected chi connectivity index (χ2v) is 7.74. The van der Waals surface area contributed by atoms with Gasteiger partial charge in [0.1, 0.15) is 0 Å². The number of carbonyl (C=O) groups excluding carboxylic acids is 1. The Morgan fingerprint density at radius 2 is 1.96 bits per heavy atom. The van der Waals surface area contributed by atoms with Crippen molar-refractivity contribution >= 4 is 21.6 Å². The molecule has 2 aromatic carbocycles. The molecule has 2 N–H and O–H groups in total. The second-order valence-electron chi connectivity index (χ2n) is 5.97. The van der Waals surface area contributed by atoms with E-state index >= 15 is 0 Å². The van der Waals surface area contributed by atoms with Gasteiger partial charge in [-0.3, -0.25) is 4.79 Å². The maximum absolute atomic E-state index is 12.6. The second kappa shape index (κ2) is 5.75. The maximum Gasteiger partial charge on any atom is 0.240 e. The van der Waals surface area contributed by atoms with Gasteiger partial charge in [-0.05, 0) is 48.4 Å². The van der Waals surface area contributed by atoms with Crippen LogP contribution in [0.5, 0.6) is 11.5 Å². The van der Waals surface area contributed by atoms with Crippen molar-refractivity contribution < 1.29 is 22.7 Å². The van der Waals surface area contributed by atoms with E-state index in [1.807, 2.05) is 0 Å². The summed E-state index contributed by atoms with van der Waals surface area (Å²) in [6.45, 7) is 2.05. The van der Waals surface area contributed by atoms with Gasteiger partial charge in [0.05, 0.1) is 10.8 Å². The molecule has 0 fully saturated rings. The minimum Gasteiger partial charge on any atom is -0.454 e. The van der Waals surface area contributed by atoms with Crippen LogP contribution in [0.2, 0.25) is 0 Å². The average molecular weight is 360 g/mol. The van der Waals surface area contributed by atoms with Crippen molar-refractivity contribution in [2.45, 2.75) is 24.3 Å². The summed E-state index contributed by atoms with van der Waals surface area (Å²) in [5, 5.41) is 2.73. The van der Waals surface area contributed by atoms with Gasteiger partial charge in [0.2, 0.25) is 22.7 Å². The number of carbonyl (C=O) groups is 1. The van der Waals surface area contributed by atoms with Crippen LogP contribution < -0.4 is 19.5 Å². The van der Waals surface area contributed by atoms with Crippen molar-refractivity contribution in [3.8, 4) is 11.5 Å². The van der Waals surface area contributed by atoms with E-state index in [1.165, 1.54) is 6.07 Å². The summed E-state index contributed by atoms with van der Waals surface area (Å²) < 4.78 is 38.2. The molecule has 0 aromatic heterocycles. The van der Waals surface area contributed by atoms with E-state index in [-0.39, 0.29) is 30.1 Å². The fraction of sp³-hybridized carbons (Fsp3) is 0.235. The van der Waals surface area contributed by atoms with Gasteiger partial charge >= 0.3 is 0 Å². The van der Waals surface area contributed by atoms with Crippen molar-refractivity contribution in [1.29, 1.82) is 0 Å². The highest BCUT2D eigenvalue weighted by Gasteiger charge is 2.28. The molecule has 0 saturated heterocycles. The van der Waals surface area contributed by atoms with Crippen LogP contribution in [-0.4, -0.2) is 21.1 Å². The SMILES string of the molecule is C[C@H]1C(=O)Nc2ccc(S(=O)(=O)NCc3ccc4c(c3)OCO4)cc21. The number of sulfonamides is 1. The molecule has 130 valence electrons. The van der Waals surface area contributed by atoms with Crippen LogP contribution in [0.4, 0.5) is 5.69 Å². The molecule has 0 spiro atoms. The molecule has 0 unspecified atom stereocenters. The fourth-order valence-corrected chi connectivity index (χ4v) is 3.93. The summed E-state index contributed by atoms with van der Waals surface area (Å²) in [6.07, 6.45) is 0. The van der Waals surface area contributed by atoms with Gasteiger partial charge in [-0.15, -0.1) is 0 Å². The number of fused-ring (bicyclic) bond motifs is 2. The molecule has 1 amide bonds. The van der Waals surface area contributed by atoms with Gasteiger partial charge in [-0.25, -0.2) is 13.1 Å². The zero-order valence-electron chi connectivity index (χ0n) is 13.4. The van der Waals surface area contributed by atoms with Gasteiger partial charge in [0.15, 0.2) is 11.5 Å². The molecule has 1 atom stereocenters. The standard InChI is InChI=1S/C17H16N2O5S/c1-10-13-7-12(3-4-14(13)19-17(10)20)25(21,22)18-8-11-2-5-15-16(6-11)24-9-23-15/h2-7,10,18H,8-9H2,1H3,(H,19,20)/t10-/m1/s1. The van der Waals surface area contributed by atoms with Crippen molar-refractivity contribution in [3.05, 3.63) is 47.5 Å². The molecular weight excluding hydrogens is 344 g/mol. The largest absolute Gasteiger partial charge is 0.454 e. The first-order valence-electron chi connectivity index (χ1n) is 7.77. The van der Waals surface area contributed by atoms with Crippen LogP contribution in [0.3, 0.4) is 0 Å². The van der Waals surface area contributed by atoms with Crippen LogP contribution in [0, 0.1) is 0 Å². The van der Waals surface area contributed by atoms with Crippen molar-refractivity contribution in [2.75, 3.05) is 12.1 Å². The van der Waals surface area contributed by atoms with Crippen LogP contribution in [0.15, 0.2) is 41.3 Å². The number of anilines is 1. The first kappa shape index (κ1) is 15.9. The van der Waals surface area contributed by atoms with E-state index in [4.69, 9.17) is 9.47 Å². The number of nitrogens with one attached hydrogen (secondary N) is 2. The lowest BCUT2D eigenvalue weighted by Crippen LogP contribution is -2.23. The van der Waals surface area contributed by atoms with Gasteiger partial charge in [-0.1, -0.05) is 6.07 Å². The van der Waals surface area contributed by atoms with Gasteiger partial charge in [0, 0.05) is 12.2 Å². The predicted molar refractivity (Wildman–Crippen MR) is 90.1 cm³/mol. The summed E-state index contributed by atoms with van der Waals surface area (Å²) in [7, 11) is -3.70. The van der Waals surface area contributed by atoms with Crippen LogP contribution >= 0.6 is 0 Å². The molecule has 0 radical (unpaired) electrons. The average Bonchev–Trinajstić information content (AvgIpc) is 3.17.